The molecule has 0 aliphatic heterocycles. The summed E-state index contributed by atoms with van der Waals surface area (Å²) < 4.78 is 2.74. The van der Waals surface area contributed by atoms with Crippen LogP contribution in [0.4, 0.5) is 5.69 Å². The van der Waals surface area contributed by atoms with Gasteiger partial charge in [-0.05, 0) is 18.2 Å². The highest BCUT2D eigenvalue weighted by Gasteiger charge is 2.22. The maximum Gasteiger partial charge on any atom is 0.294 e. The van der Waals surface area contributed by atoms with Crippen molar-refractivity contribution in [3.8, 4) is 17.3 Å². The van der Waals surface area contributed by atoms with Crippen molar-refractivity contribution in [2.45, 2.75) is 6.54 Å². The smallest absolute Gasteiger partial charge is 0.294 e. The van der Waals surface area contributed by atoms with Gasteiger partial charge in [-0.1, -0.05) is 17.7 Å². The number of amides is 1. The second-order valence-corrected chi connectivity index (χ2v) is 6.77. The van der Waals surface area contributed by atoms with Crippen LogP contribution in [0, 0.1) is 10.1 Å². The SMILES string of the molecule is O=C(NCc1cccnc1-n1ccnc1)c1nn(-c2cc(Cl)ccc2[N+](=O)[O-])cc1O. The molecule has 0 unspecified atom stereocenters. The molecule has 0 saturated carbocycles. The van der Waals surface area contributed by atoms with E-state index in [1.54, 1.807) is 41.6 Å². The average molecular weight is 440 g/mol. The first-order valence-electron chi connectivity index (χ1n) is 8.87. The molecule has 31 heavy (non-hydrogen) atoms. The summed E-state index contributed by atoms with van der Waals surface area (Å²) >= 11 is 5.94. The third-order valence-corrected chi connectivity index (χ3v) is 4.58. The molecule has 2 N–H and O–H groups in total. The number of imidazole rings is 1. The molecule has 0 aliphatic rings. The summed E-state index contributed by atoms with van der Waals surface area (Å²) in [5.74, 6) is -0.515. The van der Waals surface area contributed by atoms with Crippen LogP contribution < -0.4 is 5.32 Å². The zero-order chi connectivity index (χ0) is 22.0. The number of nitrogens with one attached hydrogen (secondary N) is 1. The Balaban J connectivity index is 1.58. The van der Waals surface area contributed by atoms with Crippen LogP contribution in [0.3, 0.4) is 0 Å². The first-order valence-corrected chi connectivity index (χ1v) is 9.25. The van der Waals surface area contributed by atoms with Crippen molar-refractivity contribution >= 4 is 23.2 Å². The zero-order valence-electron chi connectivity index (χ0n) is 15.7. The molecule has 4 rings (SSSR count). The van der Waals surface area contributed by atoms with Crippen LogP contribution in [0.25, 0.3) is 11.5 Å². The van der Waals surface area contributed by atoms with E-state index < -0.39 is 16.6 Å². The fraction of sp³-hybridized carbons (Fsp3) is 0.0526. The summed E-state index contributed by atoms with van der Waals surface area (Å²) in [5, 5.41) is 28.4. The van der Waals surface area contributed by atoms with E-state index in [0.717, 1.165) is 10.9 Å². The molecule has 3 heterocycles. The largest absolute Gasteiger partial charge is 0.504 e. The second kappa shape index (κ2) is 8.24. The molecule has 1 aromatic carbocycles. The number of pyridine rings is 1. The summed E-state index contributed by atoms with van der Waals surface area (Å²) in [5.41, 5.74) is 0.154. The summed E-state index contributed by atoms with van der Waals surface area (Å²) in [6, 6.07) is 7.42. The third kappa shape index (κ3) is 4.07. The maximum absolute atomic E-state index is 12.6. The van der Waals surface area contributed by atoms with Gasteiger partial charge >= 0.3 is 0 Å². The van der Waals surface area contributed by atoms with Crippen molar-refractivity contribution < 1.29 is 14.8 Å². The molecule has 11 nitrogen and oxygen atoms in total. The number of nitro groups is 1. The van der Waals surface area contributed by atoms with E-state index in [9.17, 15) is 20.0 Å². The number of aromatic nitrogens is 5. The summed E-state index contributed by atoms with van der Waals surface area (Å²) in [6.07, 6.45) is 7.63. The number of benzene rings is 1. The van der Waals surface area contributed by atoms with Gasteiger partial charge in [-0.2, -0.15) is 5.10 Å². The molecule has 0 aliphatic carbocycles. The number of aromatic hydroxyl groups is 1. The van der Waals surface area contributed by atoms with Gasteiger partial charge in [-0.15, -0.1) is 0 Å². The predicted octanol–water partition coefficient (Wildman–Crippen LogP) is 2.65. The topological polar surface area (TPSA) is 141 Å². The number of carbonyl (C=O) groups excluding carboxylic acids is 1. The molecular formula is C19H14ClN7O4. The normalized spacial score (nSPS) is 10.7. The molecule has 0 atom stereocenters. The highest BCUT2D eigenvalue weighted by Crippen LogP contribution is 2.28. The summed E-state index contributed by atoms with van der Waals surface area (Å²) in [6.45, 7) is 0.101. The molecular weight excluding hydrogens is 426 g/mol. The highest BCUT2D eigenvalue weighted by atomic mass is 35.5. The minimum atomic E-state index is -0.665. The average Bonchev–Trinajstić information content (AvgIpc) is 3.42. The number of nitrogens with zero attached hydrogens (tertiary/aromatic N) is 6. The van der Waals surface area contributed by atoms with Crippen LogP contribution in [0.5, 0.6) is 5.75 Å². The van der Waals surface area contributed by atoms with Gasteiger partial charge in [0.2, 0.25) is 0 Å². The Morgan fingerprint density at radius 2 is 2.13 bits per heavy atom. The fourth-order valence-corrected chi connectivity index (χ4v) is 3.10. The van der Waals surface area contributed by atoms with Gasteiger partial charge in [-0.3, -0.25) is 19.5 Å². The van der Waals surface area contributed by atoms with Crippen molar-refractivity contribution in [3.63, 3.8) is 0 Å². The lowest BCUT2D eigenvalue weighted by Gasteiger charge is -2.09. The fourth-order valence-electron chi connectivity index (χ4n) is 2.93. The second-order valence-electron chi connectivity index (χ2n) is 6.34. The first-order chi connectivity index (χ1) is 14.9. The minimum absolute atomic E-state index is 0.0153. The molecule has 156 valence electrons. The Morgan fingerprint density at radius 3 is 2.87 bits per heavy atom. The van der Waals surface area contributed by atoms with Gasteiger partial charge < -0.3 is 10.4 Å². The molecule has 0 fully saturated rings. The van der Waals surface area contributed by atoms with Crippen molar-refractivity contribution in [1.29, 1.82) is 0 Å². The molecule has 0 spiro atoms. The number of carbonyl (C=O) groups is 1. The molecule has 0 saturated heterocycles. The molecule has 12 heteroatoms. The van der Waals surface area contributed by atoms with E-state index in [2.05, 4.69) is 20.4 Å². The van der Waals surface area contributed by atoms with E-state index in [0.29, 0.717) is 11.4 Å². The Hall–Kier alpha value is -4.25. The van der Waals surface area contributed by atoms with Crippen LogP contribution in [-0.2, 0) is 6.54 Å². The van der Waals surface area contributed by atoms with E-state index in [1.807, 2.05) is 0 Å². The Bertz CT molecular complexity index is 1270. The van der Waals surface area contributed by atoms with Crippen LogP contribution in [0.2, 0.25) is 5.02 Å². The lowest BCUT2D eigenvalue weighted by atomic mass is 10.2. The Labute approximate surface area is 179 Å². The third-order valence-electron chi connectivity index (χ3n) is 4.35. The number of nitro benzene ring substituents is 1. The number of hydrogen-bond donors (Lipinski definition) is 2. The van der Waals surface area contributed by atoms with Crippen molar-refractivity contribution in [1.82, 2.24) is 29.6 Å². The molecule has 0 bridgehead atoms. The van der Waals surface area contributed by atoms with Crippen molar-refractivity contribution in [2.24, 2.45) is 0 Å². The van der Waals surface area contributed by atoms with E-state index in [4.69, 9.17) is 11.6 Å². The highest BCUT2D eigenvalue weighted by molar-refractivity contribution is 6.30. The Morgan fingerprint density at radius 1 is 1.29 bits per heavy atom. The van der Waals surface area contributed by atoms with Crippen LogP contribution in [0.1, 0.15) is 16.1 Å². The predicted molar refractivity (Wildman–Crippen MR) is 109 cm³/mol. The summed E-state index contributed by atoms with van der Waals surface area (Å²) in [7, 11) is 0. The van der Waals surface area contributed by atoms with Gasteiger partial charge in [-0.25, -0.2) is 14.6 Å². The monoisotopic (exact) mass is 439 g/mol. The minimum Gasteiger partial charge on any atom is -0.504 e. The number of rotatable bonds is 6. The van der Waals surface area contributed by atoms with Crippen molar-refractivity contribution in [3.05, 3.63) is 87.8 Å². The van der Waals surface area contributed by atoms with E-state index >= 15 is 0 Å². The van der Waals surface area contributed by atoms with Crippen LogP contribution >= 0.6 is 11.6 Å². The molecule has 4 aromatic rings. The molecule has 0 radical (unpaired) electrons. The molecule has 1 amide bonds. The van der Waals surface area contributed by atoms with Gasteiger partial charge in [0.25, 0.3) is 11.6 Å². The lowest BCUT2D eigenvalue weighted by Crippen LogP contribution is -2.24. The van der Waals surface area contributed by atoms with E-state index in [-0.39, 0.29) is 28.6 Å². The number of hydrogen-bond acceptors (Lipinski definition) is 7. The van der Waals surface area contributed by atoms with Gasteiger partial charge in [0.1, 0.15) is 17.8 Å². The molecule has 3 aromatic heterocycles. The first kappa shape index (κ1) is 20.0. The zero-order valence-corrected chi connectivity index (χ0v) is 16.5. The van der Waals surface area contributed by atoms with Crippen molar-refractivity contribution in [2.75, 3.05) is 0 Å². The van der Waals surface area contributed by atoms with Gasteiger partial charge in [0.05, 0.1) is 11.1 Å². The standard InChI is InChI=1S/C19H14ClN7O4/c20-13-3-4-14(27(30)31)15(8-13)26-10-16(28)17(24-26)19(29)23-9-12-2-1-5-22-18(12)25-7-6-21-11-25/h1-8,10-11,28H,9H2,(H,23,29). The van der Waals surface area contributed by atoms with Crippen LogP contribution in [-0.4, -0.2) is 40.3 Å². The van der Waals surface area contributed by atoms with E-state index in [1.165, 1.54) is 18.2 Å². The van der Waals surface area contributed by atoms with Gasteiger partial charge in [0.15, 0.2) is 11.4 Å². The lowest BCUT2D eigenvalue weighted by molar-refractivity contribution is -0.384. The maximum atomic E-state index is 12.6. The summed E-state index contributed by atoms with van der Waals surface area (Å²) in [4.78, 5) is 31.6. The quantitative estimate of drug-likeness (QED) is 0.347. The Kier molecular flexibility index (Phi) is 5.33. The number of halogens is 1. The van der Waals surface area contributed by atoms with Crippen LogP contribution in [0.15, 0.2) is 61.4 Å². The van der Waals surface area contributed by atoms with Gasteiger partial charge in [0, 0.05) is 41.8 Å².